The number of allylic oxidation sites excluding steroid dienone is 4. The molecule has 2 atom stereocenters. The average Bonchev–Trinajstić information content (AvgIpc) is 2.93. The summed E-state index contributed by atoms with van der Waals surface area (Å²) in [6.07, 6.45) is -4.99. The minimum absolute atomic E-state index is 0.302. The fourth-order valence-corrected chi connectivity index (χ4v) is 2.90. The van der Waals surface area contributed by atoms with Gasteiger partial charge >= 0.3 is 12.4 Å². The van der Waals surface area contributed by atoms with Gasteiger partial charge in [0.25, 0.3) is 0 Å². The lowest BCUT2D eigenvalue weighted by Crippen LogP contribution is -2.43. The van der Waals surface area contributed by atoms with E-state index in [2.05, 4.69) is 10.2 Å². The lowest BCUT2D eigenvalue weighted by Gasteiger charge is -2.29. The third-order valence-electron chi connectivity index (χ3n) is 3.73. The van der Waals surface area contributed by atoms with E-state index in [0.29, 0.717) is 0 Å². The first-order valence-corrected chi connectivity index (χ1v) is 5.32. The molecule has 8 heteroatoms. The minimum atomic E-state index is -4.79. The van der Waals surface area contributed by atoms with Gasteiger partial charge in [-0.2, -0.15) is 26.3 Å². The van der Waals surface area contributed by atoms with Crippen LogP contribution >= 0.6 is 0 Å². The van der Waals surface area contributed by atoms with Crippen molar-refractivity contribution in [2.24, 2.45) is 21.0 Å². The van der Waals surface area contributed by atoms with Crippen LogP contribution in [0.2, 0.25) is 0 Å². The second kappa shape index (κ2) is 3.10. The zero-order valence-corrected chi connectivity index (χ0v) is 9.18. The van der Waals surface area contributed by atoms with Crippen molar-refractivity contribution in [3.8, 4) is 0 Å². The molecule has 0 aromatic rings. The summed E-state index contributed by atoms with van der Waals surface area (Å²) in [5.41, 5.74) is -6.00. The molecule has 0 aromatic heterocycles. The van der Waals surface area contributed by atoms with Crippen LogP contribution in [-0.2, 0) is 0 Å². The number of alkyl halides is 6. The van der Waals surface area contributed by atoms with Gasteiger partial charge in [-0.15, -0.1) is 10.2 Å². The Labute approximate surface area is 103 Å². The predicted octanol–water partition coefficient (Wildman–Crippen LogP) is 3.42. The molecule has 3 aliphatic rings. The standard InChI is InChI=1S/C11H6F6N2/c12-10(13,14)6-8-3-1-2-4-9(8,5-8)7(19-18-6)11(15,16)17/h1-4H,5H2. The topological polar surface area (TPSA) is 24.7 Å². The molecule has 2 aliphatic carbocycles. The molecule has 19 heavy (non-hydrogen) atoms. The van der Waals surface area contributed by atoms with E-state index in [-0.39, 0.29) is 6.42 Å². The number of hydrogen-bond donors (Lipinski definition) is 0. The Morgan fingerprint density at radius 2 is 1.16 bits per heavy atom. The lowest BCUT2D eigenvalue weighted by atomic mass is 9.80. The summed E-state index contributed by atoms with van der Waals surface area (Å²) in [7, 11) is 0. The molecule has 2 nitrogen and oxygen atoms in total. The molecule has 0 bridgehead atoms. The molecule has 1 heterocycles. The van der Waals surface area contributed by atoms with Crippen LogP contribution in [0.3, 0.4) is 0 Å². The Hall–Kier alpha value is -1.60. The summed E-state index contributed by atoms with van der Waals surface area (Å²) in [5.74, 6) is 0. The molecule has 0 amide bonds. The average molecular weight is 280 g/mol. The Bertz CT molecular complexity index is 515. The third kappa shape index (κ3) is 1.39. The van der Waals surface area contributed by atoms with E-state index in [9.17, 15) is 26.3 Å². The van der Waals surface area contributed by atoms with Crippen molar-refractivity contribution in [2.75, 3.05) is 0 Å². The second-order valence-corrected chi connectivity index (χ2v) is 4.73. The highest BCUT2D eigenvalue weighted by atomic mass is 19.4. The first kappa shape index (κ1) is 12.4. The summed E-state index contributed by atoms with van der Waals surface area (Å²) in [5, 5.41) is 5.63. The Morgan fingerprint density at radius 1 is 0.789 bits per heavy atom. The van der Waals surface area contributed by atoms with E-state index in [1.54, 1.807) is 0 Å². The van der Waals surface area contributed by atoms with E-state index in [1.807, 2.05) is 0 Å². The Morgan fingerprint density at radius 3 is 1.47 bits per heavy atom. The quantitative estimate of drug-likeness (QED) is 0.607. The van der Waals surface area contributed by atoms with Crippen molar-refractivity contribution in [1.29, 1.82) is 0 Å². The highest BCUT2D eigenvalue weighted by Gasteiger charge is 2.79. The second-order valence-electron chi connectivity index (χ2n) is 4.73. The summed E-state index contributed by atoms with van der Waals surface area (Å²) < 4.78 is 77.2. The zero-order valence-electron chi connectivity index (χ0n) is 9.18. The number of hydrogen-bond acceptors (Lipinski definition) is 2. The van der Waals surface area contributed by atoms with Crippen molar-refractivity contribution in [3.63, 3.8) is 0 Å². The highest BCUT2D eigenvalue weighted by Crippen LogP contribution is 2.72. The van der Waals surface area contributed by atoms with E-state index in [1.165, 1.54) is 12.2 Å². The minimum Gasteiger partial charge on any atom is -0.165 e. The van der Waals surface area contributed by atoms with Crippen molar-refractivity contribution >= 4 is 11.4 Å². The Kier molecular flexibility index (Phi) is 2.03. The third-order valence-corrected chi connectivity index (χ3v) is 3.73. The molecule has 0 saturated heterocycles. The van der Waals surface area contributed by atoms with Gasteiger partial charge in [-0.25, -0.2) is 0 Å². The van der Waals surface area contributed by atoms with Crippen LogP contribution < -0.4 is 0 Å². The van der Waals surface area contributed by atoms with Gasteiger partial charge < -0.3 is 0 Å². The SMILES string of the molecule is FC(F)(F)C1=NN=C(C(F)(F)F)C23C=CC=CC12C3. The lowest BCUT2D eigenvalue weighted by molar-refractivity contribution is -0.0696. The van der Waals surface area contributed by atoms with Gasteiger partial charge in [0.15, 0.2) is 11.4 Å². The van der Waals surface area contributed by atoms with Crippen LogP contribution in [0.15, 0.2) is 34.5 Å². The van der Waals surface area contributed by atoms with Crippen LogP contribution in [0, 0.1) is 10.8 Å². The molecule has 1 aliphatic heterocycles. The number of halogens is 6. The van der Waals surface area contributed by atoms with Crippen LogP contribution in [0.25, 0.3) is 0 Å². The number of rotatable bonds is 0. The van der Waals surface area contributed by atoms with Gasteiger partial charge in [-0.3, -0.25) is 0 Å². The molecule has 0 aromatic carbocycles. The molecule has 1 saturated carbocycles. The molecular formula is C11H6F6N2. The predicted molar refractivity (Wildman–Crippen MR) is 54.7 cm³/mol. The fraction of sp³-hybridized carbons (Fsp3) is 0.455. The largest absolute Gasteiger partial charge is 0.432 e. The van der Waals surface area contributed by atoms with E-state index in [0.717, 1.165) is 12.2 Å². The normalized spacial score (nSPS) is 36.3. The summed E-state index contributed by atoms with van der Waals surface area (Å²) in [4.78, 5) is 0. The maximum Gasteiger partial charge on any atom is 0.432 e. The molecule has 0 N–H and O–H groups in total. The maximum atomic E-state index is 12.9. The fourth-order valence-electron chi connectivity index (χ4n) is 2.90. The highest BCUT2D eigenvalue weighted by molar-refractivity contribution is 6.14. The van der Waals surface area contributed by atoms with Crippen molar-refractivity contribution in [2.45, 2.75) is 18.8 Å². The summed E-state index contributed by atoms with van der Waals surface area (Å²) in [6, 6.07) is 0. The van der Waals surface area contributed by atoms with Gasteiger partial charge in [-0.1, -0.05) is 24.3 Å². The van der Waals surface area contributed by atoms with Crippen LogP contribution in [0.5, 0.6) is 0 Å². The van der Waals surface area contributed by atoms with Crippen molar-refractivity contribution < 1.29 is 26.3 Å². The first-order chi connectivity index (χ1) is 8.64. The molecular weight excluding hydrogens is 274 g/mol. The molecule has 0 radical (unpaired) electrons. The van der Waals surface area contributed by atoms with Gasteiger partial charge in [0.1, 0.15) is 0 Å². The van der Waals surface area contributed by atoms with Crippen LogP contribution in [0.4, 0.5) is 26.3 Å². The maximum absolute atomic E-state index is 12.9. The molecule has 0 spiro atoms. The van der Waals surface area contributed by atoms with Crippen LogP contribution in [0.1, 0.15) is 6.42 Å². The van der Waals surface area contributed by atoms with Gasteiger partial charge in [-0.05, 0) is 6.42 Å². The van der Waals surface area contributed by atoms with Crippen molar-refractivity contribution in [1.82, 2.24) is 0 Å². The van der Waals surface area contributed by atoms with Gasteiger partial charge in [0, 0.05) is 0 Å². The smallest absolute Gasteiger partial charge is 0.165 e. The molecule has 2 unspecified atom stereocenters. The summed E-state index contributed by atoms with van der Waals surface area (Å²) >= 11 is 0. The van der Waals surface area contributed by atoms with E-state index in [4.69, 9.17) is 0 Å². The zero-order chi connectivity index (χ0) is 14.1. The Balaban J connectivity index is 2.20. The van der Waals surface area contributed by atoms with E-state index < -0.39 is 34.6 Å². The molecule has 3 rings (SSSR count). The molecule has 1 fully saturated rings. The van der Waals surface area contributed by atoms with E-state index >= 15 is 0 Å². The summed E-state index contributed by atoms with van der Waals surface area (Å²) in [6.45, 7) is 0. The van der Waals surface area contributed by atoms with Crippen LogP contribution in [-0.4, -0.2) is 23.8 Å². The first-order valence-electron chi connectivity index (χ1n) is 5.32. The monoisotopic (exact) mass is 280 g/mol. The van der Waals surface area contributed by atoms with Gasteiger partial charge in [0.05, 0.1) is 10.8 Å². The van der Waals surface area contributed by atoms with Gasteiger partial charge in [0.2, 0.25) is 0 Å². The number of nitrogens with zero attached hydrogens (tertiary/aromatic N) is 2. The van der Waals surface area contributed by atoms with Crippen molar-refractivity contribution in [3.05, 3.63) is 24.3 Å². The molecule has 102 valence electrons.